The molecule has 106 valence electrons. The summed E-state index contributed by atoms with van der Waals surface area (Å²) in [5.74, 6) is -0.715. The van der Waals surface area contributed by atoms with E-state index in [4.69, 9.17) is 5.73 Å². The molecule has 0 heterocycles. The summed E-state index contributed by atoms with van der Waals surface area (Å²) in [4.78, 5) is 11.5. The fourth-order valence-electron chi connectivity index (χ4n) is 1.42. The summed E-state index contributed by atoms with van der Waals surface area (Å²) >= 11 is 0. The van der Waals surface area contributed by atoms with E-state index in [-0.39, 0.29) is 17.0 Å². The zero-order chi connectivity index (χ0) is 14.8. The lowest BCUT2D eigenvalue weighted by Crippen LogP contribution is -2.29. The van der Waals surface area contributed by atoms with Crippen molar-refractivity contribution in [3.05, 3.63) is 29.3 Å². The van der Waals surface area contributed by atoms with Crippen LogP contribution in [-0.4, -0.2) is 26.2 Å². The van der Waals surface area contributed by atoms with Crippen molar-refractivity contribution in [2.45, 2.75) is 31.3 Å². The van der Waals surface area contributed by atoms with E-state index >= 15 is 0 Å². The van der Waals surface area contributed by atoms with Crippen molar-refractivity contribution >= 4 is 21.5 Å². The highest BCUT2D eigenvalue weighted by atomic mass is 32.2. The number of esters is 1. The van der Waals surface area contributed by atoms with E-state index in [9.17, 15) is 13.2 Å². The third kappa shape index (κ3) is 3.47. The van der Waals surface area contributed by atoms with Crippen LogP contribution in [0, 0.1) is 0 Å². The average molecular weight is 285 g/mol. The van der Waals surface area contributed by atoms with Crippen molar-refractivity contribution in [3.8, 4) is 0 Å². The molecule has 0 fully saturated rings. The monoisotopic (exact) mass is 285 g/mol. The minimum absolute atomic E-state index is 0.138. The number of anilines is 1. The molecule has 0 atom stereocenters. The Labute approximate surface area is 113 Å². The second kappa shape index (κ2) is 5.21. The molecule has 19 heavy (non-hydrogen) atoms. The number of hydrogen-bond acceptors (Lipinski definition) is 5. The quantitative estimate of drug-likeness (QED) is 0.675. The predicted octanol–water partition coefficient (Wildman–Crippen LogP) is 1.77. The Kier molecular flexibility index (Phi) is 4.25. The molecule has 0 aliphatic heterocycles. The van der Waals surface area contributed by atoms with E-state index in [1.165, 1.54) is 19.2 Å². The SMILES string of the molecule is COC(=O)c1cc(CS(=O)(=O)C(C)(C)C)ccc1N. The Morgan fingerprint density at radius 1 is 1.32 bits per heavy atom. The van der Waals surface area contributed by atoms with Gasteiger partial charge >= 0.3 is 5.97 Å². The molecular formula is C13H19NO4S. The van der Waals surface area contributed by atoms with Crippen molar-refractivity contribution in [3.63, 3.8) is 0 Å². The molecule has 0 spiro atoms. The number of methoxy groups -OCH3 is 1. The van der Waals surface area contributed by atoms with Crippen LogP contribution in [0.5, 0.6) is 0 Å². The highest BCUT2D eigenvalue weighted by molar-refractivity contribution is 7.91. The molecule has 0 aromatic heterocycles. The number of rotatable bonds is 3. The maximum absolute atomic E-state index is 12.1. The molecule has 5 nitrogen and oxygen atoms in total. The smallest absolute Gasteiger partial charge is 0.339 e. The molecule has 0 bridgehead atoms. The van der Waals surface area contributed by atoms with Crippen LogP contribution >= 0.6 is 0 Å². The first-order chi connectivity index (χ1) is 8.58. The summed E-state index contributed by atoms with van der Waals surface area (Å²) in [6, 6.07) is 4.58. The van der Waals surface area contributed by atoms with Gasteiger partial charge in [-0.15, -0.1) is 0 Å². The van der Waals surface area contributed by atoms with Gasteiger partial charge in [0.15, 0.2) is 9.84 Å². The average Bonchev–Trinajstić information content (AvgIpc) is 2.29. The Balaban J connectivity index is 3.15. The summed E-state index contributed by atoms with van der Waals surface area (Å²) < 4.78 is 28.0. The fourth-order valence-corrected chi connectivity index (χ4v) is 2.47. The van der Waals surface area contributed by atoms with E-state index in [2.05, 4.69) is 4.74 Å². The van der Waals surface area contributed by atoms with Gasteiger partial charge in [0.05, 0.1) is 23.2 Å². The Bertz CT molecular complexity index is 585. The largest absolute Gasteiger partial charge is 0.465 e. The molecule has 1 aromatic rings. The second-order valence-electron chi connectivity index (χ2n) is 5.28. The van der Waals surface area contributed by atoms with Crippen LogP contribution in [0.1, 0.15) is 36.7 Å². The van der Waals surface area contributed by atoms with Gasteiger partial charge in [0.1, 0.15) is 0 Å². The van der Waals surface area contributed by atoms with E-state index in [1.54, 1.807) is 26.8 Å². The van der Waals surface area contributed by atoms with E-state index in [0.717, 1.165) is 0 Å². The summed E-state index contributed by atoms with van der Waals surface area (Å²) in [6.45, 7) is 4.92. The van der Waals surface area contributed by atoms with E-state index < -0.39 is 20.6 Å². The summed E-state index contributed by atoms with van der Waals surface area (Å²) in [7, 11) is -2.06. The van der Waals surface area contributed by atoms with Crippen LogP contribution in [0.25, 0.3) is 0 Å². The van der Waals surface area contributed by atoms with E-state index in [0.29, 0.717) is 5.56 Å². The van der Waals surface area contributed by atoms with Gasteiger partial charge in [0, 0.05) is 5.69 Å². The van der Waals surface area contributed by atoms with Crippen LogP contribution in [0.2, 0.25) is 0 Å². The molecule has 0 radical (unpaired) electrons. The Hall–Kier alpha value is -1.56. The third-order valence-electron chi connectivity index (χ3n) is 2.81. The highest BCUT2D eigenvalue weighted by Crippen LogP contribution is 2.23. The van der Waals surface area contributed by atoms with Gasteiger partial charge < -0.3 is 10.5 Å². The molecule has 0 saturated carbocycles. The normalized spacial score (nSPS) is 12.2. The molecule has 1 rings (SSSR count). The van der Waals surface area contributed by atoms with Crippen LogP contribution in [0.4, 0.5) is 5.69 Å². The van der Waals surface area contributed by atoms with Gasteiger partial charge in [-0.05, 0) is 38.5 Å². The lowest BCUT2D eigenvalue weighted by molar-refractivity contribution is 0.0602. The molecule has 1 aromatic carbocycles. The lowest BCUT2D eigenvalue weighted by Gasteiger charge is -2.19. The van der Waals surface area contributed by atoms with E-state index in [1.807, 2.05) is 0 Å². The first-order valence-electron chi connectivity index (χ1n) is 5.77. The second-order valence-corrected chi connectivity index (χ2v) is 8.03. The van der Waals surface area contributed by atoms with Gasteiger partial charge in [0.2, 0.25) is 0 Å². The van der Waals surface area contributed by atoms with Gasteiger partial charge in [-0.1, -0.05) is 6.07 Å². The topological polar surface area (TPSA) is 86.5 Å². The van der Waals surface area contributed by atoms with Gasteiger partial charge in [-0.3, -0.25) is 0 Å². The van der Waals surface area contributed by atoms with Crippen molar-refractivity contribution in [1.29, 1.82) is 0 Å². The van der Waals surface area contributed by atoms with Crippen LogP contribution in [0.3, 0.4) is 0 Å². The predicted molar refractivity (Wildman–Crippen MR) is 74.6 cm³/mol. The highest BCUT2D eigenvalue weighted by Gasteiger charge is 2.29. The van der Waals surface area contributed by atoms with Crippen molar-refractivity contribution < 1.29 is 17.9 Å². The number of nitrogen functional groups attached to an aromatic ring is 1. The first-order valence-corrected chi connectivity index (χ1v) is 7.43. The summed E-state index contributed by atoms with van der Waals surface area (Å²) in [5, 5.41) is 0. The number of sulfone groups is 1. The number of carbonyl (C=O) groups excluding carboxylic acids is 1. The number of ether oxygens (including phenoxy) is 1. The van der Waals surface area contributed by atoms with Crippen molar-refractivity contribution in [2.75, 3.05) is 12.8 Å². The Morgan fingerprint density at radius 3 is 2.37 bits per heavy atom. The number of benzene rings is 1. The number of hydrogen-bond donors (Lipinski definition) is 1. The molecule has 0 aliphatic carbocycles. The first kappa shape index (κ1) is 15.5. The van der Waals surface area contributed by atoms with Crippen LogP contribution in [-0.2, 0) is 20.3 Å². The molecule has 0 unspecified atom stereocenters. The van der Waals surface area contributed by atoms with Gasteiger partial charge in [0.25, 0.3) is 0 Å². The molecule has 0 aliphatic rings. The van der Waals surface area contributed by atoms with Crippen LogP contribution < -0.4 is 5.73 Å². The molecule has 6 heteroatoms. The van der Waals surface area contributed by atoms with Crippen LogP contribution in [0.15, 0.2) is 18.2 Å². The molecular weight excluding hydrogens is 266 g/mol. The minimum atomic E-state index is -3.31. The standard InChI is InChI=1S/C13H19NO4S/c1-13(2,3)19(16,17)8-9-5-6-11(14)10(7-9)12(15)18-4/h5-7H,8,14H2,1-4H3. The maximum Gasteiger partial charge on any atom is 0.339 e. The van der Waals surface area contributed by atoms with Crippen molar-refractivity contribution in [1.82, 2.24) is 0 Å². The molecule has 0 amide bonds. The van der Waals surface area contributed by atoms with Crippen molar-refractivity contribution in [2.24, 2.45) is 0 Å². The number of carbonyl (C=O) groups is 1. The number of nitrogens with two attached hydrogens (primary N) is 1. The maximum atomic E-state index is 12.1. The van der Waals surface area contributed by atoms with Gasteiger partial charge in [-0.25, -0.2) is 13.2 Å². The summed E-state index contributed by atoms with van der Waals surface area (Å²) in [6.07, 6.45) is 0. The summed E-state index contributed by atoms with van der Waals surface area (Å²) in [5.41, 5.74) is 6.64. The minimum Gasteiger partial charge on any atom is -0.465 e. The molecule has 2 N–H and O–H groups in total. The zero-order valence-electron chi connectivity index (χ0n) is 11.6. The third-order valence-corrected chi connectivity index (χ3v) is 5.39. The molecule has 0 saturated heterocycles. The Morgan fingerprint density at radius 2 is 1.89 bits per heavy atom. The fraction of sp³-hybridized carbons (Fsp3) is 0.462. The zero-order valence-corrected chi connectivity index (χ0v) is 12.4. The lowest BCUT2D eigenvalue weighted by atomic mass is 10.1. The van der Waals surface area contributed by atoms with Gasteiger partial charge in [-0.2, -0.15) is 0 Å².